The molecule has 1 aliphatic carbocycles. The molecule has 3 unspecified atom stereocenters. The number of aromatic hydroxyl groups is 1. The fraction of sp³-hybridized carbons (Fsp3) is 0.447. The fourth-order valence-electron chi connectivity index (χ4n) is 10.8. The maximum Gasteiger partial charge on any atom is 0.243 e. The Bertz CT molecular complexity index is 2010. The summed E-state index contributed by atoms with van der Waals surface area (Å²) in [6.45, 7) is 11.8. The second kappa shape index (κ2) is 15.1. The van der Waals surface area contributed by atoms with Gasteiger partial charge in [-0.3, -0.25) is 24.7 Å². The van der Waals surface area contributed by atoms with Crippen LogP contribution in [0, 0.1) is 5.92 Å². The van der Waals surface area contributed by atoms with Crippen LogP contribution in [0.25, 0.3) is 0 Å². The molecule has 2 N–H and O–H groups in total. The minimum absolute atomic E-state index is 0.148. The van der Waals surface area contributed by atoms with Gasteiger partial charge in [0.25, 0.3) is 0 Å². The smallest absolute Gasteiger partial charge is 0.243 e. The first kappa shape index (κ1) is 36.0. The van der Waals surface area contributed by atoms with E-state index in [0.717, 1.165) is 58.7 Å². The standard InChI is InChI=1S/C47H55N5O3/c1-31-26-49(27-32(2)52(31)40-14-10-37-29-51(30-38(37)24-40)44-18-19-45(54)48-47(44)55)28-33-20-22-50(23-21-33)39-12-8-35(9-13-39)46-42(34-6-4-3-5-7-34)16-11-36-25-41(53)15-17-43(36)46/h3-10,12-15,17,24-25,31-33,42,44,46,53H,11,16,18-23,26-30H2,1-2H3,(H,48,54,55)/t31?,32?,42-,44?,46+/m1/s1. The minimum Gasteiger partial charge on any atom is -0.508 e. The number of anilines is 2. The summed E-state index contributed by atoms with van der Waals surface area (Å²) in [5.74, 6) is 1.45. The van der Waals surface area contributed by atoms with E-state index in [1.165, 1.54) is 57.6 Å². The maximum atomic E-state index is 12.6. The molecule has 0 spiro atoms. The molecule has 2 amide bonds. The number of piperidine rings is 2. The van der Waals surface area contributed by atoms with Crippen LogP contribution in [0.2, 0.25) is 0 Å². The second-order valence-electron chi connectivity index (χ2n) is 17.1. The monoisotopic (exact) mass is 737 g/mol. The van der Waals surface area contributed by atoms with Crippen molar-refractivity contribution >= 4 is 23.2 Å². The number of nitrogens with zero attached hydrogens (tertiary/aromatic N) is 4. The molecular weight excluding hydrogens is 683 g/mol. The molecule has 5 aliphatic rings. The van der Waals surface area contributed by atoms with Crippen molar-refractivity contribution in [2.45, 2.75) is 95.4 Å². The molecule has 4 aliphatic heterocycles. The first-order valence-electron chi connectivity index (χ1n) is 20.7. The lowest BCUT2D eigenvalue weighted by Crippen LogP contribution is -2.58. The number of nitrogens with one attached hydrogen (secondary N) is 1. The van der Waals surface area contributed by atoms with Crippen molar-refractivity contribution in [1.82, 2.24) is 15.1 Å². The number of phenols is 1. The molecule has 5 atom stereocenters. The molecule has 3 fully saturated rings. The van der Waals surface area contributed by atoms with Crippen LogP contribution in [-0.2, 0) is 29.1 Å². The molecule has 0 bridgehead atoms. The predicted molar refractivity (Wildman–Crippen MR) is 219 cm³/mol. The van der Waals surface area contributed by atoms with Gasteiger partial charge in [-0.1, -0.05) is 54.6 Å². The van der Waals surface area contributed by atoms with E-state index in [1.807, 2.05) is 12.1 Å². The molecule has 4 aromatic rings. The molecule has 0 saturated carbocycles. The van der Waals surface area contributed by atoms with Crippen LogP contribution in [0.5, 0.6) is 5.75 Å². The van der Waals surface area contributed by atoms with Crippen molar-refractivity contribution < 1.29 is 14.7 Å². The number of imide groups is 1. The van der Waals surface area contributed by atoms with Gasteiger partial charge in [-0.2, -0.15) is 0 Å². The van der Waals surface area contributed by atoms with Gasteiger partial charge in [-0.05, 0) is 128 Å². The number of hydrogen-bond acceptors (Lipinski definition) is 7. The fourth-order valence-corrected chi connectivity index (χ4v) is 10.8. The minimum atomic E-state index is -0.224. The highest BCUT2D eigenvalue weighted by Crippen LogP contribution is 2.47. The molecule has 55 heavy (non-hydrogen) atoms. The maximum absolute atomic E-state index is 12.6. The second-order valence-corrected chi connectivity index (χ2v) is 17.1. The van der Waals surface area contributed by atoms with Crippen molar-refractivity contribution in [1.29, 1.82) is 0 Å². The topological polar surface area (TPSA) is 79.4 Å². The zero-order valence-corrected chi connectivity index (χ0v) is 32.4. The summed E-state index contributed by atoms with van der Waals surface area (Å²) in [5.41, 5.74) is 10.6. The van der Waals surface area contributed by atoms with Gasteiger partial charge in [-0.15, -0.1) is 0 Å². The van der Waals surface area contributed by atoms with Gasteiger partial charge >= 0.3 is 0 Å². The van der Waals surface area contributed by atoms with Crippen LogP contribution in [0.4, 0.5) is 11.4 Å². The van der Waals surface area contributed by atoms with Gasteiger partial charge in [0, 0.05) is 81.6 Å². The molecule has 3 saturated heterocycles. The van der Waals surface area contributed by atoms with E-state index in [4.69, 9.17) is 0 Å². The van der Waals surface area contributed by atoms with Crippen molar-refractivity contribution in [3.05, 3.63) is 124 Å². The SMILES string of the molecule is CC1CN(CC2CCN(c3ccc([C@@H]4c5ccc(O)cc5CC[C@@H]4c4ccccc4)cc3)CC2)CC(C)N1c1ccc2c(c1)CN(C1CCC(=O)NC1=O)C2. The number of aryl methyl sites for hydroxylation is 1. The Morgan fingerprint density at radius 1 is 0.709 bits per heavy atom. The lowest BCUT2D eigenvalue weighted by Gasteiger charge is -2.47. The van der Waals surface area contributed by atoms with E-state index < -0.39 is 0 Å². The van der Waals surface area contributed by atoms with Crippen molar-refractivity contribution in [3.63, 3.8) is 0 Å². The van der Waals surface area contributed by atoms with Crippen LogP contribution < -0.4 is 15.1 Å². The third-order valence-corrected chi connectivity index (χ3v) is 13.4. The Hall–Kier alpha value is -4.66. The average Bonchev–Trinajstić information content (AvgIpc) is 3.61. The molecule has 0 aromatic heterocycles. The Morgan fingerprint density at radius 3 is 2.18 bits per heavy atom. The number of carbonyl (C=O) groups is 2. The quantitative estimate of drug-likeness (QED) is 0.195. The van der Waals surface area contributed by atoms with E-state index in [0.29, 0.717) is 42.5 Å². The summed E-state index contributed by atoms with van der Waals surface area (Å²) in [6, 6.07) is 33.9. The number of amides is 2. The summed E-state index contributed by atoms with van der Waals surface area (Å²) in [5, 5.41) is 12.8. The summed E-state index contributed by atoms with van der Waals surface area (Å²) in [7, 11) is 0. The van der Waals surface area contributed by atoms with Gasteiger partial charge in [0.15, 0.2) is 0 Å². The molecular formula is C47H55N5O3. The Morgan fingerprint density at radius 2 is 1.44 bits per heavy atom. The lowest BCUT2D eigenvalue weighted by atomic mass is 9.69. The van der Waals surface area contributed by atoms with Gasteiger partial charge in [0.1, 0.15) is 5.75 Å². The Balaban J connectivity index is 0.800. The summed E-state index contributed by atoms with van der Waals surface area (Å²) in [6.07, 6.45) is 5.52. The highest BCUT2D eigenvalue weighted by atomic mass is 16.3. The van der Waals surface area contributed by atoms with Crippen LogP contribution in [-0.4, -0.2) is 77.6 Å². The molecule has 0 radical (unpaired) electrons. The van der Waals surface area contributed by atoms with Crippen LogP contribution in [0.1, 0.15) is 91.2 Å². The first-order valence-corrected chi connectivity index (χ1v) is 20.7. The van der Waals surface area contributed by atoms with Crippen molar-refractivity contribution in [3.8, 4) is 5.75 Å². The lowest BCUT2D eigenvalue weighted by molar-refractivity contribution is -0.137. The number of benzene rings is 4. The largest absolute Gasteiger partial charge is 0.508 e. The summed E-state index contributed by atoms with van der Waals surface area (Å²) >= 11 is 0. The van der Waals surface area contributed by atoms with E-state index in [9.17, 15) is 14.7 Å². The van der Waals surface area contributed by atoms with E-state index in [-0.39, 0.29) is 23.8 Å². The van der Waals surface area contributed by atoms with E-state index in [1.54, 1.807) is 0 Å². The average molecular weight is 738 g/mol. The third kappa shape index (κ3) is 7.27. The number of hydrogen-bond donors (Lipinski definition) is 2. The van der Waals surface area contributed by atoms with Crippen LogP contribution in [0.15, 0.2) is 91.0 Å². The predicted octanol–water partition coefficient (Wildman–Crippen LogP) is 7.19. The molecule has 286 valence electrons. The molecule has 8 nitrogen and oxygen atoms in total. The van der Waals surface area contributed by atoms with E-state index >= 15 is 0 Å². The Labute approximate surface area is 326 Å². The van der Waals surface area contributed by atoms with Crippen molar-refractivity contribution in [2.24, 2.45) is 5.92 Å². The van der Waals surface area contributed by atoms with Crippen LogP contribution in [0.3, 0.4) is 0 Å². The highest BCUT2D eigenvalue weighted by molar-refractivity contribution is 6.00. The summed E-state index contributed by atoms with van der Waals surface area (Å²) < 4.78 is 0. The normalized spacial score (nSPS) is 26.5. The zero-order chi connectivity index (χ0) is 37.6. The number of phenolic OH excluding ortho intramolecular Hbond substituents is 1. The molecule has 4 aromatic carbocycles. The number of rotatable bonds is 7. The molecule has 9 rings (SSSR count). The van der Waals surface area contributed by atoms with Gasteiger partial charge in [0.2, 0.25) is 11.8 Å². The van der Waals surface area contributed by atoms with Gasteiger partial charge < -0.3 is 14.9 Å². The number of piperazine rings is 1. The Kier molecular flexibility index (Phi) is 9.89. The van der Waals surface area contributed by atoms with Crippen molar-refractivity contribution in [2.75, 3.05) is 42.5 Å². The molecule has 8 heteroatoms. The van der Waals surface area contributed by atoms with Gasteiger partial charge in [-0.25, -0.2) is 0 Å². The number of fused-ring (bicyclic) bond motifs is 2. The molecule has 4 heterocycles. The van der Waals surface area contributed by atoms with E-state index in [2.05, 4.69) is 118 Å². The van der Waals surface area contributed by atoms with Crippen LogP contribution >= 0.6 is 0 Å². The third-order valence-electron chi connectivity index (χ3n) is 13.4. The summed E-state index contributed by atoms with van der Waals surface area (Å²) in [4.78, 5) is 34.4. The highest BCUT2D eigenvalue weighted by Gasteiger charge is 2.37. The first-order chi connectivity index (χ1) is 26.8. The van der Waals surface area contributed by atoms with Gasteiger partial charge in [0.05, 0.1) is 6.04 Å². The number of carbonyl (C=O) groups excluding carboxylic acids is 2. The zero-order valence-electron chi connectivity index (χ0n) is 32.4.